The third kappa shape index (κ3) is 4.92. The molecule has 1 aromatic carbocycles. The lowest BCUT2D eigenvalue weighted by atomic mass is 10.0. The van der Waals surface area contributed by atoms with Crippen molar-refractivity contribution in [1.82, 2.24) is 5.32 Å². The maximum atomic E-state index is 12.2. The molecule has 3 nitrogen and oxygen atoms in total. The lowest BCUT2D eigenvalue weighted by Gasteiger charge is -2.22. The second-order valence-electron chi connectivity index (χ2n) is 5.14. The second-order valence-corrected chi connectivity index (χ2v) is 6.65. The summed E-state index contributed by atoms with van der Waals surface area (Å²) >= 11 is 1.72. The summed E-state index contributed by atoms with van der Waals surface area (Å²) in [7, 11) is 0. The summed E-state index contributed by atoms with van der Waals surface area (Å²) in [5.74, 6) is 5.32. The Hall–Kier alpha value is -1.44. The van der Waals surface area contributed by atoms with Gasteiger partial charge in [-0.05, 0) is 44.7 Å². The van der Waals surface area contributed by atoms with E-state index in [1.807, 2.05) is 25.3 Å². The molecule has 0 aliphatic heterocycles. The van der Waals surface area contributed by atoms with Crippen LogP contribution in [0.1, 0.15) is 35.3 Å². The molecule has 0 unspecified atom stereocenters. The standard InChI is InChI=1S/C16H21NO2S/c1-12-7-8-13(6-5-9-18)10-14(12)15(19)17-11-16(2,3)20-4/h7-8,10,18H,9,11H2,1-4H3,(H,17,19). The first kappa shape index (κ1) is 16.6. The average molecular weight is 291 g/mol. The Morgan fingerprint density at radius 1 is 1.45 bits per heavy atom. The van der Waals surface area contributed by atoms with E-state index in [0.29, 0.717) is 12.1 Å². The Kier molecular flexibility index (Phi) is 6.12. The zero-order valence-electron chi connectivity index (χ0n) is 12.4. The lowest BCUT2D eigenvalue weighted by molar-refractivity contribution is 0.0950. The molecular weight excluding hydrogens is 270 g/mol. The molecule has 108 valence electrons. The summed E-state index contributed by atoms with van der Waals surface area (Å²) in [4.78, 5) is 12.2. The van der Waals surface area contributed by atoms with Crippen LogP contribution in [0.5, 0.6) is 0 Å². The van der Waals surface area contributed by atoms with E-state index in [-0.39, 0.29) is 17.3 Å². The van der Waals surface area contributed by atoms with Crippen LogP contribution < -0.4 is 5.32 Å². The van der Waals surface area contributed by atoms with Gasteiger partial charge in [0.05, 0.1) is 0 Å². The van der Waals surface area contributed by atoms with Crippen LogP contribution in [0.15, 0.2) is 18.2 Å². The van der Waals surface area contributed by atoms with Crippen molar-refractivity contribution in [2.75, 3.05) is 19.4 Å². The van der Waals surface area contributed by atoms with Gasteiger partial charge >= 0.3 is 0 Å². The first-order valence-electron chi connectivity index (χ1n) is 6.43. The van der Waals surface area contributed by atoms with Crippen LogP contribution in [0.3, 0.4) is 0 Å². The van der Waals surface area contributed by atoms with E-state index in [0.717, 1.165) is 11.1 Å². The molecular formula is C16H21NO2S. The van der Waals surface area contributed by atoms with Gasteiger partial charge in [-0.3, -0.25) is 4.79 Å². The topological polar surface area (TPSA) is 49.3 Å². The minimum atomic E-state index is -0.183. The Morgan fingerprint density at radius 2 is 2.15 bits per heavy atom. The van der Waals surface area contributed by atoms with E-state index in [1.165, 1.54) is 0 Å². The van der Waals surface area contributed by atoms with Gasteiger partial charge in [-0.15, -0.1) is 0 Å². The third-order valence-corrected chi connectivity index (χ3v) is 4.27. The molecule has 1 rings (SSSR count). The molecule has 0 saturated carbocycles. The summed E-state index contributed by atoms with van der Waals surface area (Å²) in [5.41, 5.74) is 2.28. The summed E-state index contributed by atoms with van der Waals surface area (Å²) in [6.07, 6.45) is 2.03. The van der Waals surface area contributed by atoms with Crippen molar-refractivity contribution in [1.29, 1.82) is 0 Å². The predicted molar refractivity (Wildman–Crippen MR) is 85.1 cm³/mol. The fourth-order valence-corrected chi connectivity index (χ4v) is 1.76. The molecule has 2 N–H and O–H groups in total. The third-order valence-electron chi connectivity index (χ3n) is 3.02. The molecule has 0 fully saturated rings. The first-order valence-corrected chi connectivity index (χ1v) is 7.66. The quantitative estimate of drug-likeness (QED) is 0.836. The van der Waals surface area contributed by atoms with Gasteiger partial charge in [-0.1, -0.05) is 17.9 Å². The molecule has 0 aliphatic carbocycles. The minimum absolute atomic E-state index is 0.0118. The monoisotopic (exact) mass is 291 g/mol. The number of hydrogen-bond donors (Lipinski definition) is 2. The van der Waals surface area contributed by atoms with Crippen LogP contribution in [0, 0.1) is 18.8 Å². The maximum absolute atomic E-state index is 12.2. The highest BCUT2D eigenvalue weighted by Gasteiger charge is 2.18. The fraction of sp³-hybridized carbons (Fsp3) is 0.438. The highest BCUT2D eigenvalue weighted by Crippen LogP contribution is 2.20. The number of rotatable bonds is 4. The van der Waals surface area contributed by atoms with Crippen molar-refractivity contribution in [2.45, 2.75) is 25.5 Å². The molecule has 0 spiro atoms. The average Bonchev–Trinajstić information content (AvgIpc) is 2.44. The molecule has 4 heteroatoms. The van der Waals surface area contributed by atoms with Crippen LogP contribution in [-0.4, -0.2) is 35.2 Å². The number of aryl methyl sites for hydroxylation is 1. The molecule has 0 aliphatic rings. The van der Waals surface area contributed by atoms with Crippen molar-refractivity contribution >= 4 is 17.7 Å². The number of carbonyl (C=O) groups excluding carboxylic acids is 1. The molecule has 20 heavy (non-hydrogen) atoms. The van der Waals surface area contributed by atoms with Crippen LogP contribution in [-0.2, 0) is 0 Å². The Morgan fingerprint density at radius 3 is 2.75 bits per heavy atom. The van der Waals surface area contributed by atoms with Gasteiger partial charge in [0.25, 0.3) is 5.91 Å². The predicted octanol–water partition coefficient (Wildman–Crippen LogP) is 2.21. The van der Waals surface area contributed by atoms with Gasteiger partial charge in [0, 0.05) is 22.4 Å². The van der Waals surface area contributed by atoms with Gasteiger partial charge in [-0.2, -0.15) is 11.8 Å². The van der Waals surface area contributed by atoms with Crippen molar-refractivity contribution < 1.29 is 9.90 Å². The van der Waals surface area contributed by atoms with Gasteiger partial charge in [0.15, 0.2) is 0 Å². The molecule has 1 aromatic rings. The van der Waals surface area contributed by atoms with E-state index >= 15 is 0 Å². The van der Waals surface area contributed by atoms with E-state index in [2.05, 4.69) is 31.0 Å². The SMILES string of the molecule is CSC(C)(C)CNC(=O)c1cc(C#CCO)ccc1C. The number of nitrogens with one attached hydrogen (secondary N) is 1. The molecule has 0 radical (unpaired) electrons. The van der Waals surface area contributed by atoms with Crippen LogP contribution in [0.4, 0.5) is 0 Å². The fourth-order valence-electron chi connectivity index (χ4n) is 1.55. The second kappa shape index (κ2) is 7.37. The zero-order valence-corrected chi connectivity index (χ0v) is 13.2. The van der Waals surface area contributed by atoms with Crippen molar-refractivity contribution in [3.05, 3.63) is 34.9 Å². The Bertz CT molecular complexity index is 541. The maximum Gasteiger partial charge on any atom is 0.251 e. The van der Waals surface area contributed by atoms with E-state index in [4.69, 9.17) is 5.11 Å². The molecule has 0 atom stereocenters. The normalized spacial score (nSPS) is 10.7. The zero-order chi connectivity index (χ0) is 15.2. The number of aliphatic hydroxyl groups is 1. The van der Waals surface area contributed by atoms with E-state index < -0.39 is 0 Å². The number of carbonyl (C=O) groups is 1. The largest absolute Gasteiger partial charge is 0.384 e. The summed E-state index contributed by atoms with van der Waals surface area (Å²) in [6, 6.07) is 5.48. The summed E-state index contributed by atoms with van der Waals surface area (Å²) in [6.45, 7) is 6.51. The number of benzene rings is 1. The molecule has 0 heterocycles. The van der Waals surface area contributed by atoms with Gasteiger partial charge < -0.3 is 10.4 Å². The number of hydrogen-bond acceptors (Lipinski definition) is 3. The summed E-state index contributed by atoms with van der Waals surface area (Å²) in [5, 5.41) is 11.7. The van der Waals surface area contributed by atoms with Crippen molar-refractivity contribution in [3.8, 4) is 11.8 Å². The van der Waals surface area contributed by atoms with Gasteiger partial charge in [0.1, 0.15) is 6.61 Å². The Labute approximate surface area is 125 Å². The van der Waals surface area contributed by atoms with Gasteiger partial charge in [0.2, 0.25) is 0 Å². The van der Waals surface area contributed by atoms with Crippen LogP contribution >= 0.6 is 11.8 Å². The number of aliphatic hydroxyl groups excluding tert-OH is 1. The smallest absolute Gasteiger partial charge is 0.251 e. The van der Waals surface area contributed by atoms with Crippen molar-refractivity contribution in [2.24, 2.45) is 0 Å². The summed E-state index contributed by atoms with van der Waals surface area (Å²) < 4.78 is 0.0118. The van der Waals surface area contributed by atoms with Crippen LogP contribution in [0.2, 0.25) is 0 Å². The number of thioether (sulfide) groups is 1. The lowest BCUT2D eigenvalue weighted by Crippen LogP contribution is -2.36. The number of amides is 1. The first-order chi connectivity index (χ1) is 9.39. The van der Waals surface area contributed by atoms with E-state index in [9.17, 15) is 4.79 Å². The van der Waals surface area contributed by atoms with Crippen molar-refractivity contribution in [3.63, 3.8) is 0 Å². The minimum Gasteiger partial charge on any atom is -0.384 e. The highest BCUT2D eigenvalue weighted by atomic mass is 32.2. The molecule has 0 aromatic heterocycles. The highest BCUT2D eigenvalue weighted by molar-refractivity contribution is 7.99. The Balaban J connectivity index is 2.87. The van der Waals surface area contributed by atoms with E-state index in [1.54, 1.807) is 17.8 Å². The molecule has 0 bridgehead atoms. The molecule has 0 saturated heterocycles. The molecule has 1 amide bonds. The van der Waals surface area contributed by atoms with Crippen LogP contribution in [0.25, 0.3) is 0 Å². The van der Waals surface area contributed by atoms with Gasteiger partial charge in [-0.25, -0.2) is 0 Å².